The van der Waals surface area contributed by atoms with Crippen LogP contribution in [0.1, 0.15) is 69.2 Å². The zero-order valence-electron chi connectivity index (χ0n) is 16.1. The molecule has 0 bridgehead atoms. The van der Waals surface area contributed by atoms with Crippen molar-refractivity contribution < 1.29 is 0 Å². The van der Waals surface area contributed by atoms with Crippen molar-refractivity contribution in [3.63, 3.8) is 0 Å². The van der Waals surface area contributed by atoms with Gasteiger partial charge in [-0.15, -0.1) is 0 Å². The summed E-state index contributed by atoms with van der Waals surface area (Å²) < 4.78 is 8.56. The Morgan fingerprint density at radius 1 is 0.810 bits per heavy atom. The molecule has 1 aliphatic heterocycles. The van der Waals surface area contributed by atoms with Crippen molar-refractivity contribution in [2.45, 2.75) is 80.3 Å². The fraction of sp³-hybridized carbons (Fsp3) is 1.00. The van der Waals surface area contributed by atoms with E-state index in [9.17, 15) is 0 Å². The third-order valence-corrected chi connectivity index (χ3v) is 13.7. The van der Waals surface area contributed by atoms with Crippen molar-refractivity contribution in [1.29, 1.82) is 0 Å². The molecule has 0 spiro atoms. The van der Waals surface area contributed by atoms with Crippen molar-refractivity contribution in [3.8, 4) is 0 Å². The Morgan fingerprint density at radius 3 is 1.38 bits per heavy atom. The molecule has 1 fully saturated rings. The molecule has 1 aliphatic rings. The van der Waals surface area contributed by atoms with Crippen molar-refractivity contribution in [3.05, 3.63) is 0 Å². The Labute approximate surface area is 141 Å². The molecule has 1 radical (unpaired) electrons. The molecule has 0 N–H and O–H groups in total. The van der Waals surface area contributed by atoms with Crippen molar-refractivity contribution in [2.24, 2.45) is 11.8 Å². The zero-order chi connectivity index (χ0) is 16.6. The van der Waals surface area contributed by atoms with Crippen molar-refractivity contribution in [1.82, 2.24) is 9.36 Å². The van der Waals surface area contributed by atoms with E-state index in [1.807, 2.05) is 0 Å². The van der Waals surface area contributed by atoms with Gasteiger partial charge in [-0.2, -0.15) is 0 Å². The quantitative estimate of drug-likeness (QED) is 0.648. The molecule has 1 saturated heterocycles. The minimum atomic E-state index is -1.89. The molecule has 1 heterocycles. The molecule has 0 amide bonds. The molecule has 1 rings (SSSR count). The Morgan fingerprint density at radius 2 is 1.14 bits per heavy atom. The van der Waals surface area contributed by atoms with Crippen LogP contribution < -0.4 is 0 Å². The summed E-state index contributed by atoms with van der Waals surface area (Å²) in [5.41, 5.74) is 0.496. The molecular formula is C17H38N3Sn. The van der Waals surface area contributed by atoms with Crippen LogP contribution in [0.25, 0.3) is 0 Å². The summed E-state index contributed by atoms with van der Waals surface area (Å²) in [5.74, 6) is 1.53. The van der Waals surface area contributed by atoms with Crippen LogP contribution in [-0.2, 0) is 0 Å². The van der Waals surface area contributed by atoms with E-state index in [0.717, 1.165) is 11.8 Å². The van der Waals surface area contributed by atoms with E-state index >= 15 is 0 Å². The maximum absolute atomic E-state index is 2.89. The van der Waals surface area contributed by atoms with Gasteiger partial charge in [0.25, 0.3) is 0 Å². The van der Waals surface area contributed by atoms with Gasteiger partial charge in [-0.1, -0.05) is 0 Å². The van der Waals surface area contributed by atoms with E-state index in [1.54, 1.807) is 0 Å². The second kappa shape index (κ2) is 7.06. The first-order valence-corrected chi connectivity index (χ1v) is 12.3. The summed E-state index contributed by atoms with van der Waals surface area (Å²) in [6.45, 7) is 27.5. The van der Waals surface area contributed by atoms with Crippen LogP contribution in [0.3, 0.4) is 0 Å². The van der Waals surface area contributed by atoms with Crippen molar-refractivity contribution >= 4 is 20.6 Å². The van der Waals surface area contributed by atoms with Gasteiger partial charge in [-0.25, -0.2) is 0 Å². The van der Waals surface area contributed by atoms with E-state index in [0.29, 0.717) is 0 Å². The SMILES string of the molecule is CC(C)C[N]1C[N](CC(C)C)[Sn]1[N](C(C)(C)C)C(C)(C)C. The van der Waals surface area contributed by atoms with Gasteiger partial charge in [0.1, 0.15) is 0 Å². The molecule has 0 unspecified atom stereocenters. The molecule has 0 atom stereocenters. The van der Waals surface area contributed by atoms with E-state index in [2.05, 4.69) is 78.6 Å². The first-order chi connectivity index (χ1) is 9.34. The Kier molecular flexibility index (Phi) is 6.63. The number of nitrogens with zero attached hydrogens (tertiary/aromatic N) is 3. The standard InChI is InChI=1S/C9H20N2.C8H18N.Sn/c1-8(2)5-10-7-11-6-9(3)4;1-7(2,3)9-8(4,5)6;/h8-9H,5-7H2,1-4H3;1-6H3;/q-2;-1;+3. The summed E-state index contributed by atoms with van der Waals surface area (Å²) in [6, 6.07) is 0. The van der Waals surface area contributed by atoms with Gasteiger partial charge in [0.15, 0.2) is 0 Å². The summed E-state index contributed by atoms with van der Waals surface area (Å²) in [6.07, 6.45) is 0. The average Bonchev–Trinajstić information content (AvgIpc) is 2.19. The van der Waals surface area contributed by atoms with Gasteiger partial charge in [0.2, 0.25) is 0 Å². The average molecular weight is 403 g/mol. The minimum absolute atomic E-state index is 0.248. The Hall–Kier alpha value is 0.679. The topological polar surface area (TPSA) is 9.72 Å². The van der Waals surface area contributed by atoms with Crippen LogP contribution in [0, 0.1) is 11.8 Å². The number of rotatable bonds is 5. The molecule has 0 aromatic rings. The van der Waals surface area contributed by atoms with Crippen LogP contribution >= 0.6 is 0 Å². The molecule has 4 heteroatoms. The normalized spacial score (nSPS) is 19.9. The van der Waals surface area contributed by atoms with E-state index < -0.39 is 20.6 Å². The van der Waals surface area contributed by atoms with Gasteiger partial charge in [-0.05, 0) is 0 Å². The molecule has 21 heavy (non-hydrogen) atoms. The fourth-order valence-corrected chi connectivity index (χ4v) is 13.8. The molecule has 0 aliphatic carbocycles. The summed E-state index contributed by atoms with van der Waals surface area (Å²) in [7, 11) is 0. The van der Waals surface area contributed by atoms with E-state index in [4.69, 9.17) is 0 Å². The zero-order valence-corrected chi connectivity index (χ0v) is 19.0. The Bertz CT molecular complexity index is 298. The fourth-order valence-electron chi connectivity index (χ4n) is 3.50. The predicted molar refractivity (Wildman–Crippen MR) is 95.1 cm³/mol. The monoisotopic (exact) mass is 404 g/mol. The number of hydrogen-bond acceptors (Lipinski definition) is 3. The first kappa shape index (κ1) is 19.7. The van der Waals surface area contributed by atoms with Crippen LogP contribution in [0.4, 0.5) is 0 Å². The van der Waals surface area contributed by atoms with Gasteiger partial charge >= 0.3 is 142 Å². The van der Waals surface area contributed by atoms with Gasteiger partial charge in [-0.3, -0.25) is 0 Å². The molecule has 0 saturated carbocycles. The number of hydrogen-bond donors (Lipinski definition) is 0. The second-order valence-electron chi connectivity index (χ2n) is 9.35. The van der Waals surface area contributed by atoms with Gasteiger partial charge < -0.3 is 0 Å². The molecule has 0 aromatic heterocycles. The van der Waals surface area contributed by atoms with Gasteiger partial charge in [0, 0.05) is 0 Å². The molecular weight excluding hydrogens is 365 g/mol. The second-order valence-corrected chi connectivity index (χ2v) is 16.0. The molecule has 125 valence electrons. The third kappa shape index (κ3) is 5.36. The van der Waals surface area contributed by atoms with Crippen LogP contribution in [0.15, 0.2) is 0 Å². The third-order valence-electron chi connectivity index (χ3n) is 3.62. The van der Waals surface area contributed by atoms with Gasteiger partial charge in [0.05, 0.1) is 0 Å². The summed E-state index contributed by atoms with van der Waals surface area (Å²) >= 11 is -1.89. The van der Waals surface area contributed by atoms with E-state index in [-0.39, 0.29) is 11.1 Å². The van der Waals surface area contributed by atoms with Crippen LogP contribution in [0.5, 0.6) is 0 Å². The maximum atomic E-state index is 2.89. The van der Waals surface area contributed by atoms with Crippen LogP contribution in [-0.4, -0.2) is 60.8 Å². The van der Waals surface area contributed by atoms with Crippen LogP contribution in [0.2, 0.25) is 0 Å². The molecule has 0 aromatic carbocycles. The predicted octanol–water partition coefficient (Wildman–Crippen LogP) is 3.76. The van der Waals surface area contributed by atoms with E-state index in [1.165, 1.54) is 19.8 Å². The summed E-state index contributed by atoms with van der Waals surface area (Å²) in [4.78, 5) is 0. The Balaban J connectivity index is 3.01. The summed E-state index contributed by atoms with van der Waals surface area (Å²) in [5, 5.41) is 0. The molecule has 3 nitrogen and oxygen atoms in total. The first-order valence-electron chi connectivity index (χ1n) is 8.51. The van der Waals surface area contributed by atoms with Crippen molar-refractivity contribution in [2.75, 3.05) is 19.8 Å².